The fourth-order valence-corrected chi connectivity index (χ4v) is 3.60. The average molecular weight is 462 g/mol. The summed E-state index contributed by atoms with van der Waals surface area (Å²) in [7, 11) is 6.87. The Labute approximate surface area is 200 Å². The van der Waals surface area contributed by atoms with E-state index in [9.17, 15) is 4.79 Å². The van der Waals surface area contributed by atoms with E-state index >= 15 is 0 Å². The van der Waals surface area contributed by atoms with E-state index in [0.717, 1.165) is 23.2 Å². The standard InChI is InChI=1S/C27H31N3O4/c1-30(18-21-15-24(32-2)27(34-4)25(16-21)33-3)17-20-11-9-19(10-12-20)13-14-26(31)29-23-8-6-5-7-22(23)28/h5-16H,17-18,28H2,1-4H3,(H,29,31). The van der Waals surface area contributed by atoms with Crippen molar-refractivity contribution in [2.24, 2.45) is 0 Å². The van der Waals surface area contributed by atoms with Crippen LogP contribution in [0.15, 0.2) is 66.7 Å². The minimum absolute atomic E-state index is 0.230. The van der Waals surface area contributed by atoms with Gasteiger partial charge in [-0.1, -0.05) is 36.4 Å². The van der Waals surface area contributed by atoms with Crippen LogP contribution in [0.2, 0.25) is 0 Å². The minimum Gasteiger partial charge on any atom is -0.493 e. The van der Waals surface area contributed by atoms with Crippen LogP contribution in [0.25, 0.3) is 6.08 Å². The smallest absolute Gasteiger partial charge is 0.248 e. The Morgan fingerprint density at radius 1 is 0.912 bits per heavy atom. The second kappa shape index (κ2) is 11.8. The molecule has 0 heterocycles. The molecule has 7 heteroatoms. The first-order valence-electron chi connectivity index (χ1n) is 10.8. The molecule has 0 fully saturated rings. The van der Waals surface area contributed by atoms with E-state index in [0.29, 0.717) is 35.2 Å². The fraction of sp³-hybridized carbons (Fsp3) is 0.222. The van der Waals surface area contributed by atoms with Crippen LogP contribution in [0.1, 0.15) is 16.7 Å². The molecule has 0 radical (unpaired) electrons. The monoisotopic (exact) mass is 461 g/mol. The summed E-state index contributed by atoms with van der Waals surface area (Å²) in [5, 5.41) is 2.78. The molecular weight excluding hydrogens is 430 g/mol. The van der Waals surface area contributed by atoms with Gasteiger partial charge in [0.2, 0.25) is 11.7 Å². The zero-order valence-corrected chi connectivity index (χ0v) is 20.0. The molecule has 3 N–H and O–H groups in total. The predicted molar refractivity (Wildman–Crippen MR) is 136 cm³/mol. The van der Waals surface area contributed by atoms with Crippen molar-refractivity contribution >= 4 is 23.4 Å². The van der Waals surface area contributed by atoms with Crippen LogP contribution in [0.3, 0.4) is 0 Å². The number of anilines is 2. The summed E-state index contributed by atoms with van der Waals surface area (Å²) in [4.78, 5) is 14.4. The first-order valence-corrected chi connectivity index (χ1v) is 10.8. The van der Waals surface area contributed by atoms with E-state index in [4.69, 9.17) is 19.9 Å². The van der Waals surface area contributed by atoms with Gasteiger partial charge in [-0.25, -0.2) is 0 Å². The van der Waals surface area contributed by atoms with Crippen molar-refractivity contribution in [3.8, 4) is 17.2 Å². The molecule has 1 amide bonds. The summed E-state index contributed by atoms with van der Waals surface area (Å²) in [6, 6.07) is 19.2. The third-order valence-electron chi connectivity index (χ3n) is 5.26. The lowest BCUT2D eigenvalue weighted by Gasteiger charge is -2.19. The zero-order valence-electron chi connectivity index (χ0n) is 20.0. The number of hydrogen-bond donors (Lipinski definition) is 2. The van der Waals surface area contributed by atoms with Gasteiger partial charge >= 0.3 is 0 Å². The van der Waals surface area contributed by atoms with Crippen LogP contribution >= 0.6 is 0 Å². The molecule has 0 aromatic heterocycles. The highest BCUT2D eigenvalue weighted by atomic mass is 16.5. The molecule has 7 nitrogen and oxygen atoms in total. The van der Waals surface area contributed by atoms with Crippen molar-refractivity contribution in [2.75, 3.05) is 39.4 Å². The van der Waals surface area contributed by atoms with Crippen molar-refractivity contribution in [1.29, 1.82) is 0 Å². The third kappa shape index (κ3) is 6.52. The van der Waals surface area contributed by atoms with Gasteiger partial charge in [-0.05, 0) is 54.1 Å². The number of hydrogen-bond acceptors (Lipinski definition) is 6. The van der Waals surface area contributed by atoms with E-state index in [1.165, 1.54) is 6.08 Å². The quantitative estimate of drug-likeness (QED) is 0.340. The number of amides is 1. The SMILES string of the molecule is COc1cc(CN(C)Cc2ccc(C=CC(=O)Nc3ccccc3N)cc2)cc(OC)c1OC. The number of nitrogens with two attached hydrogens (primary N) is 1. The minimum atomic E-state index is -0.230. The van der Waals surface area contributed by atoms with Crippen LogP contribution in [0, 0.1) is 0 Å². The molecule has 34 heavy (non-hydrogen) atoms. The van der Waals surface area contributed by atoms with Gasteiger partial charge in [0.05, 0.1) is 32.7 Å². The predicted octanol–water partition coefficient (Wildman–Crippen LogP) is 4.58. The van der Waals surface area contributed by atoms with Gasteiger partial charge in [-0.3, -0.25) is 9.69 Å². The van der Waals surface area contributed by atoms with Gasteiger partial charge in [-0.15, -0.1) is 0 Å². The number of rotatable bonds is 10. The molecule has 0 aliphatic carbocycles. The molecule has 178 valence electrons. The zero-order chi connectivity index (χ0) is 24.5. The first kappa shape index (κ1) is 24.7. The van der Waals surface area contributed by atoms with E-state index < -0.39 is 0 Å². The lowest BCUT2D eigenvalue weighted by molar-refractivity contribution is -0.111. The topological polar surface area (TPSA) is 86.1 Å². The van der Waals surface area contributed by atoms with Crippen LogP contribution in [0.4, 0.5) is 11.4 Å². The normalized spacial score (nSPS) is 11.0. The summed E-state index contributed by atoms with van der Waals surface area (Å²) in [6.07, 6.45) is 3.27. The van der Waals surface area contributed by atoms with Crippen molar-refractivity contribution < 1.29 is 19.0 Å². The highest BCUT2D eigenvalue weighted by Crippen LogP contribution is 2.38. The number of benzene rings is 3. The molecule has 0 spiro atoms. The summed E-state index contributed by atoms with van der Waals surface area (Å²) < 4.78 is 16.3. The number of nitrogens with zero attached hydrogens (tertiary/aromatic N) is 1. The van der Waals surface area contributed by atoms with Crippen LogP contribution in [0.5, 0.6) is 17.2 Å². The molecule has 0 aliphatic rings. The van der Waals surface area contributed by atoms with Gasteiger partial charge in [0.15, 0.2) is 11.5 Å². The first-order chi connectivity index (χ1) is 16.4. The molecule has 0 atom stereocenters. The summed E-state index contributed by atoms with van der Waals surface area (Å²) in [6.45, 7) is 1.47. The van der Waals surface area contributed by atoms with Gasteiger partial charge < -0.3 is 25.3 Å². The summed E-state index contributed by atoms with van der Waals surface area (Å²) >= 11 is 0. The number of para-hydroxylation sites is 2. The molecule has 3 aromatic carbocycles. The lowest BCUT2D eigenvalue weighted by atomic mass is 10.1. The van der Waals surface area contributed by atoms with E-state index in [1.807, 2.05) is 36.4 Å². The molecule has 0 aliphatic heterocycles. The maximum Gasteiger partial charge on any atom is 0.248 e. The second-order valence-electron chi connectivity index (χ2n) is 7.86. The number of ether oxygens (including phenoxy) is 3. The van der Waals surface area contributed by atoms with Gasteiger partial charge in [0.25, 0.3) is 0 Å². The Morgan fingerprint density at radius 3 is 2.12 bits per heavy atom. The third-order valence-corrected chi connectivity index (χ3v) is 5.26. The van der Waals surface area contributed by atoms with Crippen LogP contribution in [-0.4, -0.2) is 39.2 Å². The largest absolute Gasteiger partial charge is 0.493 e. The molecule has 3 aromatic rings. The fourth-order valence-electron chi connectivity index (χ4n) is 3.60. The highest BCUT2D eigenvalue weighted by molar-refractivity contribution is 6.03. The molecule has 0 unspecified atom stereocenters. The van der Waals surface area contributed by atoms with Crippen molar-refractivity contribution in [3.63, 3.8) is 0 Å². The molecule has 3 rings (SSSR count). The molecule has 0 bridgehead atoms. The number of methoxy groups -OCH3 is 3. The van der Waals surface area contributed by atoms with Crippen molar-refractivity contribution in [2.45, 2.75) is 13.1 Å². The second-order valence-corrected chi connectivity index (χ2v) is 7.86. The van der Waals surface area contributed by atoms with Crippen LogP contribution in [-0.2, 0) is 17.9 Å². The Balaban J connectivity index is 1.58. The lowest BCUT2D eigenvalue weighted by Crippen LogP contribution is -2.17. The number of nitrogen functional groups attached to an aromatic ring is 1. The van der Waals surface area contributed by atoms with Gasteiger partial charge in [0, 0.05) is 19.2 Å². The number of carbonyl (C=O) groups excluding carboxylic acids is 1. The van der Waals surface area contributed by atoms with E-state index in [-0.39, 0.29) is 5.91 Å². The van der Waals surface area contributed by atoms with Crippen LogP contribution < -0.4 is 25.3 Å². The van der Waals surface area contributed by atoms with Crippen molar-refractivity contribution in [1.82, 2.24) is 4.90 Å². The number of nitrogens with one attached hydrogen (secondary N) is 1. The average Bonchev–Trinajstić information content (AvgIpc) is 2.84. The van der Waals surface area contributed by atoms with Gasteiger partial charge in [0.1, 0.15) is 0 Å². The maximum absolute atomic E-state index is 12.2. The maximum atomic E-state index is 12.2. The molecular formula is C27H31N3O4. The Bertz CT molecular complexity index is 1120. The Hall–Kier alpha value is -3.97. The Kier molecular flexibility index (Phi) is 8.54. The molecule has 0 saturated carbocycles. The highest BCUT2D eigenvalue weighted by Gasteiger charge is 2.14. The number of carbonyl (C=O) groups is 1. The van der Waals surface area contributed by atoms with E-state index in [1.54, 1.807) is 39.5 Å². The Morgan fingerprint density at radius 2 is 1.53 bits per heavy atom. The summed E-state index contributed by atoms with van der Waals surface area (Å²) in [5.74, 6) is 1.63. The molecule has 0 saturated heterocycles. The van der Waals surface area contributed by atoms with Crippen molar-refractivity contribution in [3.05, 3.63) is 83.4 Å². The van der Waals surface area contributed by atoms with E-state index in [2.05, 4.69) is 29.4 Å². The van der Waals surface area contributed by atoms with Gasteiger partial charge in [-0.2, -0.15) is 0 Å². The summed E-state index contributed by atoms with van der Waals surface area (Å²) in [5.41, 5.74) is 10.1.